The average molecular weight is 321 g/mol. The van der Waals surface area contributed by atoms with Crippen LogP contribution in [0, 0.1) is 0 Å². The van der Waals surface area contributed by atoms with Gasteiger partial charge in [-0.1, -0.05) is 22.0 Å². The first-order chi connectivity index (χ1) is 8.14. The van der Waals surface area contributed by atoms with E-state index >= 15 is 0 Å². The fraction of sp³-hybridized carbons (Fsp3) is 0.545. The summed E-state index contributed by atoms with van der Waals surface area (Å²) < 4.78 is 25.8. The minimum Gasteiger partial charge on any atom is -0.261 e. The number of unbranched alkanes of at least 4 members (excludes halogenated alkanes) is 1. The highest BCUT2D eigenvalue weighted by atomic mass is 79.9. The van der Waals surface area contributed by atoms with Gasteiger partial charge in [-0.25, -0.2) is 13.1 Å². The predicted octanol–water partition coefficient (Wildman–Crippen LogP) is 1.72. The van der Waals surface area contributed by atoms with Gasteiger partial charge in [0.05, 0.1) is 5.75 Å². The van der Waals surface area contributed by atoms with E-state index in [-0.39, 0.29) is 5.75 Å². The number of pyridine rings is 1. The van der Waals surface area contributed by atoms with Gasteiger partial charge in [-0.15, -0.1) is 0 Å². The lowest BCUT2D eigenvalue weighted by molar-refractivity contribution is 0.577. The number of nitrogens with one attached hydrogen (secondary N) is 1. The maximum atomic E-state index is 11.6. The third-order valence-corrected chi connectivity index (χ3v) is 4.18. The van der Waals surface area contributed by atoms with E-state index < -0.39 is 10.0 Å². The second-order valence-corrected chi connectivity index (χ2v) is 6.40. The molecule has 0 spiro atoms. The molecule has 4 nitrogen and oxygen atoms in total. The first-order valence-electron chi connectivity index (χ1n) is 5.57. The Kier molecular flexibility index (Phi) is 6.69. The molecule has 1 rings (SSSR count). The van der Waals surface area contributed by atoms with E-state index in [1.54, 1.807) is 6.20 Å². The smallest absolute Gasteiger partial charge is 0.211 e. The normalized spacial score (nSPS) is 11.6. The van der Waals surface area contributed by atoms with Gasteiger partial charge >= 0.3 is 0 Å². The molecule has 0 radical (unpaired) electrons. The molecule has 1 aromatic heterocycles. The van der Waals surface area contributed by atoms with Crippen molar-refractivity contribution in [2.45, 2.75) is 19.3 Å². The number of sulfonamides is 1. The van der Waals surface area contributed by atoms with Gasteiger partial charge < -0.3 is 0 Å². The summed E-state index contributed by atoms with van der Waals surface area (Å²) in [5.41, 5.74) is 0.804. The van der Waals surface area contributed by atoms with E-state index in [4.69, 9.17) is 0 Å². The fourth-order valence-electron chi connectivity index (χ4n) is 1.30. The Balaban J connectivity index is 2.30. The minimum absolute atomic E-state index is 0.0956. The number of alkyl halides is 1. The number of rotatable bonds is 8. The number of hydrogen-bond acceptors (Lipinski definition) is 3. The monoisotopic (exact) mass is 320 g/mol. The van der Waals surface area contributed by atoms with Crippen LogP contribution in [0.2, 0.25) is 0 Å². The summed E-state index contributed by atoms with van der Waals surface area (Å²) in [6, 6.07) is 5.51. The SMILES string of the molecule is O=S(=O)(CCc1ccccn1)NCCCCBr. The second-order valence-electron chi connectivity index (χ2n) is 3.68. The number of halogens is 1. The number of aromatic nitrogens is 1. The molecule has 0 fully saturated rings. The first-order valence-corrected chi connectivity index (χ1v) is 8.34. The van der Waals surface area contributed by atoms with Crippen LogP contribution in [0.15, 0.2) is 24.4 Å². The third-order valence-electron chi connectivity index (χ3n) is 2.24. The summed E-state index contributed by atoms with van der Waals surface area (Å²) in [6.45, 7) is 0.510. The summed E-state index contributed by atoms with van der Waals surface area (Å²) in [5.74, 6) is 0.0956. The molecule has 0 saturated heterocycles. The Bertz CT molecular complexity index is 409. The van der Waals surface area contributed by atoms with Gasteiger partial charge in [0.2, 0.25) is 10.0 Å². The van der Waals surface area contributed by atoms with Crippen LogP contribution in [0.5, 0.6) is 0 Å². The first kappa shape index (κ1) is 14.6. The summed E-state index contributed by atoms with van der Waals surface area (Å²) in [5, 5.41) is 0.905. The standard InChI is InChI=1S/C11H17BrN2O2S/c12-7-2-4-9-14-17(15,16)10-6-11-5-1-3-8-13-11/h1,3,5,8,14H,2,4,6-7,9-10H2. The molecule has 0 amide bonds. The zero-order valence-electron chi connectivity index (χ0n) is 9.60. The summed E-state index contributed by atoms with van der Waals surface area (Å²) in [4.78, 5) is 4.09. The van der Waals surface area contributed by atoms with Crippen LogP contribution in [-0.4, -0.2) is 31.0 Å². The molecular formula is C11H17BrN2O2S. The highest BCUT2D eigenvalue weighted by Gasteiger charge is 2.09. The van der Waals surface area contributed by atoms with E-state index in [9.17, 15) is 8.42 Å². The van der Waals surface area contributed by atoms with Crippen LogP contribution in [0.3, 0.4) is 0 Å². The van der Waals surface area contributed by atoms with Crippen molar-refractivity contribution in [3.63, 3.8) is 0 Å². The molecule has 0 saturated carbocycles. The Hall–Kier alpha value is -0.460. The Labute approximate surface area is 111 Å². The minimum atomic E-state index is -3.17. The van der Waals surface area contributed by atoms with Crippen LogP contribution < -0.4 is 4.72 Å². The highest BCUT2D eigenvalue weighted by molar-refractivity contribution is 9.09. The molecule has 1 heterocycles. The topological polar surface area (TPSA) is 59.1 Å². The Morgan fingerprint density at radius 1 is 1.29 bits per heavy atom. The predicted molar refractivity (Wildman–Crippen MR) is 72.8 cm³/mol. The van der Waals surface area contributed by atoms with Crippen molar-refractivity contribution >= 4 is 26.0 Å². The van der Waals surface area contributed by atoms with Crippen LogP contribution in [0.1, 0.15) is 18.5 Å². The van der Waals surface area contributed by atoms with Crippen LogP contribution in [0.25, 0.3) is 0 Å². The molecule has 0 aliphatic rings. The second kappa shape index (κ2) is 7.79. The molecule has 96 valence electrons. The lowest BCUT2D eigenvalue weighted by Crippen LogP contribution is -2.28. The van der Waals surface area contributed by atoms with Crippen LogP contribution >= 0.6 is 15.9 Å². The third kappa shape index (κ3) is 6.75. The molecule has 0 bridgehead atoms. The van der Waals surface area contributed by atoms with Crippen molar-refractivity contribution < 1.29 is 8.42 Å². The van der Waals surface area contributed by atoms with Gasteiger partial charge in [0.1, 0.15) is 0 Å². The van der Waals surface area contributed by atoms with Crippen molar-refractivity contribution in [2.75, 3.05) is 17.6 Å². The van der Waals surface area contributed by atoms with E-state index in [1.165, 1.54) is 0 Å². The quantitative estimate of drug-likeness (QED) is 0.586. The lowest BCUT2D eigenvalue weighted by atomic mass is 10.3. The van der Waals surface area contributed by atoms with E-state index in [0.29, 0.717) is 13.0 Å². The van der Waals surface area contributed by atoms with E-state index in [1.807, 2.05) is 18.2 Å². The maximum Gasteiger partial charge on any atom is 0.211 e. The Morgan fingerprint density at radius 3 is 2.76 bits per heavy atom. The molecule has 17 heavy (non-hydrogen) atoms. The van der Waals surface area contributed by atoms with Gasteiger partial charge in [-0.05, 0) is 25.0 Å². The Morgan fingerprint density at radius 2 is 2.12 bits per heavy atom. The van der Waals surface area contributed by atoms with Crippen molar-refractivity contribution in [3.05, 3.63) is 30.1 Å². The molecule has 1 N–H and O–H groups in total. The lowest BCUT2D eigenvalue weighted by Gasteiger charge is -2.05. The maximum absolute atomic E-state index is 11.6. The number of nitrogens with zero attached hydrogens (tertiary/aromatic N) is 1. The summed E-state index contributed by atoms with van der Waals surface area (Å²) >= 11 is 3.31. The fourth-order valence-corrected chi connectivity index (χ4v) is 2.78. The van der Waals surface area contributed by atoms with Gasteiger partial charge in [0, 0.05) is 30.2 Å². The van der Waals surface area contributed by atoms with Crippen molar-refractivity contribution in [1.82, 2.24) is 9.71 Å². The zero-order valence-corrected chi connectivity index (χ0v) is 12.0. The zero-order chi connectivity index (χ0) is 12.6. The molecule has 6 heteroatoms. The van der Waals surface area contributed by atoms with E-state index in [2.05, 4.69) is 25.6 Å². The molecule has 1 aromatic rings. The van der Waals surface area contributed by atoms with Crippen molar-refractivity contribution in [2.24, 2.45) is 0 Å². The summed E-state index contributed by atoms with van der Waals surface area (Å²) in [6.07, 6.45) is 3.96. The molecule has 0 unspecified atom stereocenters. The van der Waals surface area contributed by atoms with Gasteiger partial charge in [0.25, 0.3) is 0 Å². The van der Waals surface area contributed by atoms with Crippen LogP contribution in [-0.2, 0) is 16.4 Å². The molecule has 0 aliphatic carbocycles. The van der Waals surface area contributed by atoms with Gasteiger partial charge in [-0.2, -0.15) is 0 Å². The van der Waals surface area contributed by atoms with Gasteiger partial charge in [0.15, 0.2) is 0 Å². The highest BCUT2D eigenvalue weighted by Crippen LogP contribution is 1.98. The number of aryl methyl sites for hydroxylation is 1. The van der Waals surface area contributed by atoms with Crippen LogP contribution in [0.4, 0.5) is 0 Å². The number of hydrogen-bond donors (Lipinski definition) is 1. The molecule has 0 aliphatic heterocycles. The molecule has 0 aromatic carbocycles. The van der Waals surface area contributed by atoms with Crippen molar-refractivity contribution in [1.29, 1.82) is 0 Å². The average Bonchev–Trinajstić information content (AvgIpc) is 2.34. The summed E-state index contributed by atoms with van der Waals surface area (Å²) in [7, 11) is -3.17. The molecule has 0 atom stereocenters. The largest absolute Gasteiger partial charge is 0.261 e. The molecular weight excluding hydrogens is 304 g/mol. The van der Waals surface area contributed by atoms with Gasteiger partial charge in [-0.3, -0.25) is 4.98 Å². The van der Waals surface area contributed by atoms with E-state index in [0.717, 1.165) is 23.9 Å². The van der Waals surface area contributed by atoms with Crippen molar-refractivity contribution in [3.8, 4) is 0 Å².